The van der Waals surface area contributed by atoms with Crippen LogP contribution in [-0.4, -0.2) is 79.4 Å². The topological polar surface area (TPSA) is 69.9 Å². The molecule has 0 saturated carbocycles. The number of nitrogens with zero attached hydrogens (tertiary/aromatic N) is 3. The van der Waals surface area contributed by atoms with Crippen LogP contribution in [0.4, 0.5) is 0 Å². The molecule has 1 fully saturated rings. The van der Waals surface area contributed by atoms with Crippen LogP contribution in [0.3, 0.4) is 0 Å². The third kappa shape index (κ3) is 4.45. The highest BCUT2D eigenvalue weighted by molar-refractivity contribution is 5.82. The van der Waals surface area contributed by atoms with Crippen LogP contribution in [0.1, 0.15) is 20.3 Å². The van der Waals surface area contributed by atoms with Gasteiger partial charge in [-0.15, -0.1) is 0 Å². The van der Waals surface area contributed by atoms with Crippen molar-refractivity contribution in [3.63, 3.8) is 0 Å². The molecule has 2 amide bonds. The summed E-state index contributed by atoms with van der Waals surface area (Å²) in [5, 5.41) is 0. The minimum absolute atomic E-state index is 0.0398. The molecule has 0 aromatic carbocycles. The van der Waals surface area contributed by atoms with Crippen LogP contribution in [0.25, 0.3) is 0 Å². The molecule has 1 rings (SSSR count). The highest BCUT2D eigenvalue weighted by atomic mass is 16.2. The summed E-state index contributed by atoms with van der Waals surface area (Å²) < 4.78 is 0. The van der Waals surface area contributed by atoms with Crippen LogP contribution in [-0.2, 0) is 9.59 Å². The zero-order chi connectivity index (χ0) is 15.3. The van der Waals surface area contributed by atoms with Crippen LogP contribution in [0.15, 0.2) is 0 Å². The summed E-state index contributed by atoms with van der Waals surface area (Å²) in [5.41, 5.74) is 5.99. The molecule has 20 heavy (non-hydrogen) atoms. The molecule has 6 nitrogen and oxygen atoms in total. The number of hydrogen-bond donors (Lipinski definition) is 1. The van der Waals surface area contributed by atoms with Gasteiger partial charge in [0.2, 0.25) is 11.8 Å². The molecule has 1 heterocycles. The van der Waals surface area contributed by atoms with Crippen LogP contribution in [0, 0.1) is 5.92 Å². The molecule has 1 aliphatic rings. The molecule has 116 valence electrons. The lowest BCUT2D eigenvalue weighted by Gasteiger charge is -2.36. The van der Waals surface area contributed by atoms with E-state index in [2.05, 4.69) is 4.90 Å². The SMILES string of the molecule is CCC(C)[C@H](N)C(=O)N1CCN(CC(=O)N(C)C)CC1. The van der Waals surface area contributed by atoms with Crippen molar-refractivity contribution >= 4 is 11.8 Å². The molecule has 1 saturated heterocycles. The Bertz CT molecular complexity index is 338. The number of piperazine rings is 1. The van der Waals surface area contributed by atoms with Gasteiger partial charge in [0.15, 0.2) is 0 Å². The van der Waals surface area contributed by atoms with Crippen molar-refractivity contribution in [1.29, 1.82) is 0 Å². The Morgan fingerprint density at radius 3 is 2.20 bits per heavy atom. The molecule has 0 aromatic heterocycles. The fraction of sp³-hybridized carbons (Fsp3) is 0.857. The number of likely N-dealkylation sites (N-methyl/N-ethyl adjacent to an activating group) is 1. The number of carbonyl (C=O) groups is 2. The molecule has 1 unspecified atom stereocenters. The maximum Gasteiger partial charge on any atom is 0.239 e. The highest BCUT2D eigenvalue weighted by Gasteiger charge is 2.28. The first-order valence-corrected chi connectivity index (χ1v) is 7.33. The van der Waals surface area contributed by atoms with Gasteiger partial charge in [-0.3, -0.25) is 14.5 Å². The van der Waals surface area contributed by atoms with Gasteiger partial charge >= 0.3 is 0 Å². The van der Waals surface area contributed by atoms with Gasteiger partial charge in [0.1, 0.15) is 0 Å². The first kappa shape index (κ1) is 16.9. The van der Waals surface area contributed by atoms with E-state index in [1.54, 1.807) is 19.0 Å². The van der Waals surface area contributed by atoms with Crippen molar-refractivity contribution in [3.05, 3.63) is 0 Å². The second kappa shape index (κ2) is 7.59. The predicted molar refractivity (Wildman–Crippen MR) is 79.1 cm³/mol. The van der Waals surface area contributed by atoms with E-state index in [1.165, 1.54) is 0 Å². The lowest BCUT2D eigenvalue weighted by molar-refractivity contribution is -0.136. The van der Waals surface area contributed by atoms with E-state index in [-0.39, 0.29) is 17.7 Å². The van der Waals surface area contributed by atoms with Crippen LogP contribution in [0.5, 0.6) is 0 Å². The van der Waals surface area contributed by atoms with Gasteiger partial charge in [0.05, 0.1) is 12.6 Å². The highest BCUT2D eigenvalue weighted by Crippen LogP contribution is 2.10. The molecule has 0 spiro atoms. The summed E-state index contributed by atoms with van der Waals surface area (Å²) in [6.45, 7) is 7.26. The largest absolute Gasteiger partial charge is 0.348 e. The summed E-state index contributed by atoms with van der Waals surface area (Å²) in [5.74, 6) is 0.342. The lowest BCUT2D eigenvalue weighted by atomic mass is 9.98. The fourth-order valence-electron chi connectivity index (χ4n) is 2.17. The summed E-state index contributed by atoms with van der Waals surface area (Å²) in [6, 6.07) is -0.407. The third-order valence-corrected chi connectivity index (χ3v) is 4.08. The van der Waals surface area contributed by atoms with Crippen molar-refractivity contribution in [3.8, 4) is 0 Å². The standard InChI is InChI=1S/C14H28N4O2/c1-5-11(2)13(15)14(20)18-8-6-17(7-9-18)10-12(19)16(3)4/h11,13H,5-10,15H2,1-4H3/t11?,13-/m0/s1. The molecular formula is C14H28N4O2. The molecule has 1 aliphatic heterocycles. The number of carbonyl (C=O) groups excluding carboxylic acids is 2. The van der Waals surface area contributed by atoms with Gasteiger partial charge in [-0.1, -0.05) is 20.3 Å². The van der Waals surface area contributed by atoms with Crippen molar-refractivity contribution in [2.75, 3.05) is 46.8 Å². The number of hydrogen-bond acceptors (Lipinski definition) is 4. The van der Waals surface area contributed by atoms with E-state index in [0.29, 0.717) is 19.6 Å². The van der Waals surface area contributed by atoms with Crippen LogP contribution >= 0.6 is 0 Å². The van der Waals surface area contributed by atoms with Crippen molar-refractivity contribution in [1.82, 2.24) is 14.7 Å². The second-order valence-corrected chi connectivity index (χ2v) is 5.80. The quantitative estimate of drug-likeness (QED) is 0.745. The first-order chi connectivity index (χ1) is 9.36. The smallest absolute Gasteiger partial charge is 0.239 e. The van der Waals surface area contributed by atoms with E-state index >= 15 is 0 Å². The molecule has 0 radical (unpaired) electrons. The number of amides is 2. The average Bonchev–Trinajstić information content (AvgIpc) is 2.45. The van der Waals surface area contributed by atoms with E-state index < -0.39 is 6.04 Å². The van der Waals surface area contributed by atoms with E-state index in [1.807, 2.05) is 18.7 Å². The van der Waals surface area contributed by atoms with E-state index in [4.69, 9.17) is 5.73 Å². The Labute approximate surface area is 121 Å². The molecule has 0 aliphatic carbocycles. The minimum Gasteiger partial charge on any atom is -0.348 e. The van der Waals surface area contributed by atoms with Crippen molar-refractivity contribution in [2.45, 2.75) is 26.3 Å². The molecule has 6 heteroatoms. The molecule has 2 atom stereocenters. The minimum atomic E-state index is -0.407. The zero-order valence-corrected chi connectivity index (χ0v) is 13.1. The summed E-state index contributed by atoms with van der Waals surface area (Å²) in [6.07, 6.45) is 0.907. The predicted octanol–water partition coefficient (Wildman–Crippen LogP) is -0.408. The lowest BCUT2D eigenvalue weighted by Crippen LogP contribution is -2.55. The van der Waals surface area contributed by atoms with Gasteiger partial charge in [-0.2, -0.15) is 0 Å². The Kier molecular flexibility index (Phi) is 6.42. The Morgan fingerprint density at radius 1 is 1.20 bits per heavy atom. The number of nitrogens with two attached hydrogens (primary N) is 1. The zero-order valence-electron chi connectivity index (χ0n) is 13.1. The van der Waals surface area contributed by atoms with Gasteiger partial charge in [0, 0.05) is 40.3 Å². The summed E-state index contributed by atoms with van der Waals surface area (Å²) >= 11 is 0. The normalized spacial score (nSPS) is 19.6. The summed E-state index contributed by atoms with van der Waals surface area (Å²) in [4.78, 5) is 29.4. The molecule has 0 bridgehead atoms. The van der Waals surface area contributed by atoms with Gasteiger partial charge in [-0.25, -0.2) is 0 Å². The van der Waals surface area contributed by atoms with Gasteiger partial charge in [-0.05, 0) is 5.92 Å². The van der Waals surface area contributed by atoms with E-state index in [9.17, 15) is 9.59 Å². The Hall–Kier alpha value is -1.14. The van der Waals surface area contributed by atoms with Crippen molar-refractivity contribution in [2.24, 2.45) is 11.7 Å². The molecule has 0 aromatic rings. The number of rotatable bonds is 5. The Balaban J connectivity index is 2.42. The van der Waals surface area contributed by atoms with Crippen LogP contribution < -0.4 is 5.73 Å². The monoisotopic (exact) mass is 284 g/mol. The fourth-order valence-corrected chi connectivity index (χ4v) is 2.17. The molecular weight excluding hydrogens is 256 g/mol. The first-order valence-electron chi connectivity index (χ1n) is 7.33. The van der Waals surface area contributed by atoms with E-state index in [0.717, 1.165) is 19.5 Å². The van der Waals surface area contributed by atoms with Gasteiger partial charge in [0.25, 0.3) is 0 Å². The second-order valence-electron chi connectivity index (χ2n) is 5.80. The summed E-state index contributed by atoms with van der Waals surface area (Å²) in [7, 11) is 3.51. The van der Waals surface area contributed by atoms with Crippen LogP contribution in [0.2, 0.25) is 0 Å². The third-order valence-electron chi connectivity index (χ3n) is 4.08. The van der Waals surface area contributed by atoms with Crippen molar-refractivity contribution < 1.29 is 9.59 Å². The molecule has 2 N–H and O–H groups in total. The maximum absolute atomic E-state index is 12.2. The Morgan fingerprint density at radius 2 is 1.75 bits per heavy atom. The average molecular weight is 284 g/mol. The van der Waals surface area contributed by atoms with Gasteiger partial charge < -0.3 is 15.5 Å². The maximum atomic E-state index is 12.2.